The van der Waals surface area contributed by atoms with Gasteiger partial charge < -0.3 is 5.73 Å². The van der Waals surface area contributed by atoms with E-state index < -0.39 is 11.7 Å². The lowest BCUT2D eigenvalue weighted by molar-refractivity contribution is -0.137. The molecule has 1 fully saturated rings. The second kappa shape index (κ2) is 10.4. The van der Waals surface area contributed by atoms with Gasteiger partial charge in [0.2, 0.25) is 0 Å². The number of carbonyl (C=O) groups is 1. The van der Waals surface area contributed by atoms with Gasteiger partial charge in [0.25, 0.3) is 5.91 Å². The van der Waals surface area contributed by atoms with E-state index in [1.165, 1.54) is 30.9 Å². The Balaban J connectivity index is 0.000000253. The molecule has 8 nitrogen and oxygen atoms in total. The molecule has 0 spiro atoms. The fourth-order valence-corrected chi connectivity index (χ4v) is 2.65. The first-order chi connectivity index (χ1) is 13.8. The summed E-state index contributed by atoms with van der Waals surface area (Å²) in [7, 11) is 0. The second-order valence-corrected chi connectivity index (χ2v) is 6.29. The van der Waals surface area contributed by atoms with Gasteiger partial charge in [-0.2, -0.15) is 18.4 Å². The quantitative estimate of drug-likeness (QED) is 0.796. The fraction of sp³-hybridized carbons (Fsp3) is 0.389. The van der Waals surface area contributed by atoms with Gasteiger partial charge in [-0.25, -0.2) is 9.99 Å². The zero-order valence-corrected chi connectivity index (χ0v) is 15.4. The van der Waals surface area contributed by atoms with Crippen molar-refractivity contribution in [2.45, 2.75) is 25.1 Å². The number of piperidine rings is 1. The first-order valence-electron chi connectivity index (χ1n) is 8.73. The van der Waals surface area contributed by atoms with Crippen LogP contribution in [0, 0.1) is 17.2 Å². The Hall–Kier alpha value is -3.10. The zero-order chi connectivity index (χ0) is 21.3. The van der Waals surface area contributed by atoms with Crippen LogP contribution in [-0.4, -0.2) is 45.0 Å². The minimum Gasteiger partial charge on any atom is -0.326 e. The van der Waals surface area contributed by atoms with Gasteiger partial charge in [0.15, 0.2) is 0 Å². The molecule has 2 aromatic heterocycles. The molecule has 1 aliphatic rings. The first kappa shape index (κ1) is 22.2. The van der Waals surface area contributed by atoms with Crippen LogP contribution in [0.25, 0.3) is 0 Å². The third kappa shape index (κ3) is 7.10. The van der Waals surface area contributed by atoms with Crippen LogP contribution in [0.2, 0.25) is 0 Å². The van der Waals surface area contributed by atoms with E-state index in [2.05, 4.69) is 26.4 Å². The van der Waals surface area contributed by atoms with Crippen molar-refractivity contribution in [3.8, 4) is 6.07 Å². The molecular weight excluding hydrogens is 387 g/mol. The lowest BCUT2D eigenvalue weighted by Crippen LogP contribution is -2.54. The summed E-state index contributed by atoms with van der Waals surface area (Å²) < 4.78 is 35.2. The Morgan fingerprint density at radius 3 is 2.59 bits per heavy atom. The molecule has 1 saturated heterocycles. The van der Waals surface area contributed by atoms with Crippen molar-refractivity contribution < 1.29 is 18.0 Å². The van der Waals surface area contributed by atoms with Crippen molar-refractivity contribution in [2.24, 2.45) is 11.7 Å². The molecule has 3 N–H and O–H groups in total. The van der Waals surface area contributed by atoms with Gasteiger partial charge in [0, 0.05) is 50.3 Å². The molecule has 1 amide bonds. The topological polar surface area (TPSA) is 121 Å². The molecule has 29 heavy (non-hydrogen) atoms. The Kier molecular flexibility index (Phi) is 7.99. The van der Waals surface area contributed by atoms with Gasteiger partial charge in [0.05, 0.1) is 17.8 Å². The number of rotatable bonds is 3. The number of halogens is 3. The molecule has 2 unspecified atom stereocenters. The highest BCUT2D eigenvalue weighted by Crippen LogP contribution is 2.27. The fourth-order valence-electron chi connectivity index (χ4n) is 2.65. The van der Waals surface area contributed by atoms with E-state index in [0.29, 0.717) is 19.5 Å². The highest BCUT2D eigenvalue weighted by Gasteiger charge is 2.30. The number of hydrogen-bond acceptors (Lipinski definition) is 7. The Bertz CT molecular complexity index is 812. The van der Waals surface area contributed by atoms with Crippen LogP contribution in [0.15, 0.2) is 43.1 Å². The molecule has 0 saturated carbocycles. The zero-order valence-electron chi connectivity index (χ0n) is 15.4. The van der Waals surface area contributed by atoms with E-state index in [4.69, 9.17) is 11.0 Å². The molecule has 0 aliphatic carbocycles. The van der Waals surface area contributed by atoms with E-state index in [1.54, 1.807) is 5.01 Å². The number of hydrazine groups is 1. The summed E-state index contributed by atoms with van der Waals surface area (Å²) in [6.07, 6.45) is 3.49. The monoisotopic (exact) mass is 407 g/mol. The van der Waals surface area contributed by atoms with Crippen molar-refractivity contribution in [2.75, 3.05) is 13.1 Å². The lowest BCUT2D eigenvalue weighted by atomic mass is 9.90. The van der Waals surface area contributed by atoms with E-state index in [0.717, 1.165) is 18.7 Å². The maximum Gasteiger partial charge on any atom is 0.417 e. The molecule has 0 radical (unpaired) electrons. The van der Waals surface area contributed by atoms with Crippen molar-refractivity contribution >= 4 is 5.91 Å². The van der Waals surface area contributed by atoms with Crippen LogP contribution < -0.4 is 11.2 Å². The number of nitrogens with one attached hydrogen (secondary N) is 1. The summed E-state index contributed by atoms with van der Waals surface area (Å²) in [5.41, 5.74) is 8.32. The average molecular weight is 407 g/mol. The van der Waals surface area contributed by atoms with Gasteiger partial charge in [-0.3, -0.25) is 20.2 Å². The highest BCUT2D eigenvalue weighted by molar-refractivity contribution is 5.91. The molecule has 154 valence electrons. The number of nitrogens with zero attached hydrogens (tertiary/aromatic N) is 5. The van der Waals surface area contributed by atoms with Crippen molar-refractivity contribution in [3.63, 3.8) is 0 Å². The summed E-state index contributed by atoms with van der Waals surface area (Å²) in [5, 5.41) is 10.5. The maximum absolute atomic E-state index is 11.9. The van der Waals surface area contributed by atoms with Gasteiger partial charge in [0.1, 0.15) is 5.69 Å². The highest BCUT2D eigenvalue weighted by atomic mass is 19.4. The lowest BCUT2D eigenvalue weighted by Gasteiger charge is -2.35. The van der Waals surface area contributed by atoms with E-state index in [9.17, 15) is 18.0 Å². The summed E-state index contributed by atoms with van der Waals surface area (Å²) in [4.78, 5) is 23.0. The van der Waals surface area contributed by atoms with Gasteiger partial charge in [-0.15, -0.1) is 0 Å². The molecule has 3 heterocycles. The van der Waals surface area contributed by atoms with Crippen LogP contribution in [0.4, 0.5) is 13.2 Å². The standard InChI is InChI=1S/C12H16N6O.C6H4F3N/c13-3-1-9-2-6-18(8-10(9)14)17-12(19)11-7-15-4-5-16-11;7-6(8,9)5-2-1-3-10-4-5/h4-5,7,9-10H,1-2,6,8,14H2,(H,17,19);1-4H. The molecule has 2 aromatic rings. The van der Waals surface area contributed by atoms with Crippen LogP contribution in [0.1, 0.15) is 28.9 Å². The maximum atomic E-state index is 11.9. The molecule has 0 aromatic carbocycles. The number of nitriles is 1. The van der Waals surface area contributed by atoms with Gasteiger partial charge >= 0.3 is 6.18 Å². The summed E-state index contributed by atoms with van der Waals surface area (Å²) in [6.45, 7) is 1.23. The summed E-state index contributed by atoms with van der Waals surface area (Å²) >= 11 is 0. The van der Waals surface area contributed by atoms with Crippen LogP contribution >= 0.6 is 0 Å². The number of aromatic nitrogens is 3. The van der Waals surface area contributed by atoms with E-state index >= 15 is 0 Å². The molecule has 1 aliphatic heterocycles. The summed E-state index contributed by atoms with van der Waals surface area (Å²) in [6, 6.07) is 4.28. The Morgan fingerprint density at radius 1 is 1.31 bits per heavy atom. The third-order valence-corrected chi connectivity index (χ3v) is 4.20. The van der Waals surface area contributed by atoms with E-state index in [1.807, 2.05) is 0 Å². The first-order valence-corrected chi connectivity index (χ1v) is 8.73. The molecular formula is C18H20F3N7O. The Morgan fingerprint density at radius 2 is 2.07 bits per heavy atom. The number of alkyl halides is 3. The van der Waals surface area contributed by atoms with Crippen LogP contribution in [-0.2, 0) is 6.18 Å². The van der Waals surface area contributed by atoms with Gasteiger partial charge in [-0.05, 0) is 24.5 Å². The minimum absolute atomic E-state index is 0.101. The summed E-state index contributed by atoms with van der Waals surface area (Å²) in [5.74, 6) is -0.0892. The minimum atomic E-state index is -4.27. The van der Waals surface area contributed by atoms with Crippen molar-refractivity contribution in [1.29, 1.82) is 5.26 Å². The largest absolute Gasteiger partial charge is 0.417 e. The molecule has 3 rings (SSSR count). The molecule has 0 bridgehead atoms. The number of hydrogen-bond donors (Lipinski definition) is 2. The SMILES string of the molecule is FC(F)(F)c1cccnc1.N#CCC1CCN(NC(=O)c2cnccn2)CC1N. The van der Waals surface area contributed by atoms with Gasteiger partial charge in [-0.1, -0.05) is 0 Å². The number of nitrogens with two attached hydrogens (primary N) is 1. The number of amides is 1. The smallest absolute Gasteiger partial charge is 0.326 e. The third-order valence-electron chi connectivity index (χ3n) is 4.20. The van der Waals surface area contributed by atoms with Crippen molar-refractivity contribution in [3.05, 3.63) is 54.4 Å². The predicted molar refractivity (Wildman–Crippen MR) is 96.6 cm³/mol. The predicted octanol–water partition coefficient (Wildman–Crippen LogP) is 1.78. The average Bonchev–Trinajstić information content (AvgIpc) is 2.71. The van der Waals surface area contributed by atoms with Crippen LogP contribution in [0.5, 0.6) is 0 Å². The molecule has 11 heteroatoms. The normalized spacial score (nSPS) is 19.4. The molecule has 2 atom stereocenters. The van der Waals surface area contributed by atoms with Crippen LogP contribution in [0.3, 0.4) is 0 Å². The van der Waals surface area contributed by atoms with Crippen molar-refractivity contribution in [1.82, 2.24) is 25.4 Å². The second-order valence-electron chi connectivity index (χ2n) is 6.29. The number of carbonyl (C=O) groups excluding carboxylic acids is 1. The Labute approximate surface area is 165 Å². The number of pyridine rings is 1. The van der Waals surface area contributed by atoms with E-state index in [-0.39, 0.29) is 23.6 Å².